The van der Waals surface area contributed by atoms with Gasteiger partial charge in [0.2, 0.25) is 0 Å². The van der Waals surface area contributed by atoms with Crippen LogP contribution in [0.2, 0.25) is 0 Å². The number of terminal acetylenes is 1. The van der Waals surface area contributed by atoms with Gasteiger partial charge in [-0.15, -0.1) is 12.3 Å². The van der Waals surface area contributed by atoms with E-state index in [1.807, 2.05) is 13.8 Å². The van der Waals surface area contributed by atoms with Gasteiger partial charge in [0.05, 0.1) is 0 Å². The molecule has 1 unspecified atom stereocenters. The second kappa shape index (κ2) is 13.5. The van der Waals surface area contributed by atoms with Gasteiger partial charge in [-0.3, -0.25) is 0 Å². The highest BCUT2D eigenvalue weighted by atomic mass is 16.7. The van der Waals surface area contributed by atoms with Crippen LogP contribution in [0.1, 0.15) is 65.2 Å². The second-order valence-corrected chi connectivity index (χ2v) is 4.32. The Hall–Kier alpha value is -0.520. The molecule has 2 heteroatoms. The van der Waals surface area contributed by atoms with Gasteiger partial charge in [0, 0.05) is 19.6 Å². The summed E-state index contributed by atoms with van der Waals surface area (Å²) >= 11 is 0. The molecule has 0 aliphatic carbocycles. The predicted octanol–water partition coefficient (Wildman–Crippen LogP) is 4.14. The van der Waals surface area contributed by atoms with E-state index in [2.05, 4.69) is 5.92 Å². The molecule has 0 amide bonds. The highest BCUT2D eigenvalue weighted by molar-refractivity contribution is 4.82. The lowest BCUT2D eigenvalue weighted by Crippen LogP contribution is -2.13. The minimum absolute atomic E-state index is 0.0521. The summed E-state index contributed by atoms with van der Waals surface area (Å²) in [5, 5.41) is 0. The van der Waals surface area contributed by atoms with Crippen LogP contribution in [0.3, 0.4) is 0 Å². The fourth-order valence-corrected chi connectivity index (χ4v) is 1.75. The van der Waals surface area contributed by atoms with Gasteiger partial charge in [-0.2, -0.15) is 0 Å². The zero-order valence-corrected chi connectivity index (χ0v) is 11.5. The van der Waals surface area contributed by atoms with E-state index in [1.54, 1.807) is 0 Å². The highest BCUT2D eigenvalue weighted by Crippen LogP contribution is 2.08. The van der Waals surface area contributed by atoms with Crippen molar-refractivity contribution in [3.05, 3.63) is 0 Å². The summed E-state index contributed by atoms with van der Waals surface area (Å²) in [5.41, 5.74) is 0. The average molecular weight is 240 g/mol. The molecule has 0 fully saturated rings. The van der Waals surface area contributed by atoms with Crippen LogP contribution < -0.4 is 0 Å². The number of ether oxygens (including phenoxy) is 2. The molecule has 0 aliphatic rings. The first kappa shape index (κ1) is 16.5. The Bertz CT molecular complexity index is 184. The van der Waals surface area contributed by atoms with Crippen LogP contribution in [0.15, 0.2) is 0 Å². The van der Waals surface area contributed by atoms with Crippen LogP contribution in [0, 0.1) is 12.3 Å². The number of unbranched alkanes of at least 4 members (excludes halogenated alkanes) is 7. The minimum Gasteiger partial charge on any atom is -0.353 e. The van der Waals surface area contributed by atoms with Gasteiger partial charge < -0.3 is 9.47 Å². The van der Waals surface area contributed by atoms with Crippen LogP contribution in [-0.4, -0.2) is 19.5 Å². The molecule has 0 aromatic heterocycles. The fraction of sp³-hybridized carbons (Fsp3) is 0.867. The maximum Gasteiger partial charge on any atom is 0.154 e. The maximum atomic E-state index is 5.50. The van der Waals surface area contributed by atoms with E-state index in [9.17, 15) is 0 Å². The normalized spacial score (nSPS) is 12.3. The van der Waals surface area contributed by atoms with Crippen molar-refractivity contribution in [3.8, 4) is 12.3 Å². The SMILES string of the molecule is C#CCCCCCCCCCOC(C)OCC. The van der Waals surface area contributed by atoms with Gasteiger partial charge in [-0.1, -0.05) is 32.1 Å². The Balaban J connectivity index is 3.01. The quantitative estimate of drug-likeness (QED) is 0.290. The van der Waals surface area contributed by atoms with Gasteiger partial charge in [0.1, 0.15) is 0 Å². The molecule has 2 nitrogen and oxygen atoms in total. The maximum absolute atomic E-state index is 5.50. The molecule has 0 saturated heterocycles. The van der Waals surface area contributed by atoms with Crippen molar-refractivity contribution in [1.29, 1.82) is 0 Å². The van der Waals surface area contributed by atoms with Crippen LogP contribution in [0.25, 0.3) is 0 Å². The van der Waals surface area contributed by atoms with Crippen molar-refractivity contribution < 1.29 is 9.47 Å². The monoisotopic (exact) mass is 240 g/mol. The molecule has 0 saturated carbocycles. The van der Waals surface area contributed by atoms with Gasteiger partial charge >= 0.3 is 0 Å². The van der Waals surface area contributed by atoms with E-state index in [0.29, 0.717) is 0 Å². The lowest BCUT2D eigenvalue weighted by molar-refractivity contribution is -0.127. The third-order valence-electron chi connectivity index (χ3n) is 2.72. The van der Waals surface area contributed by atoms with E-state index >= 15 is 0 Å². The molecule has 1 atom stereocenters. The van der Waals surface area contributed by atoms with Crippen molar-refractivity contribution >= 4 is 0 Å². The standard InChI is InChI=1S/C15H28O2/c1-4-6-7-8-9-10-11-12-13-14-17-15(3)16-5-2/h1,15H,5-14H2,2-3H3. The minimum atomic E-state index is -0.0521. The lowest BCUT2D eigenvalue weighted by atomic mass is 10.1. The van der Waals surface area contributed by atoms with Gasteiger partial charge in [-0.05, 0) is 26.7 Å². The summed E-state index contributed by atoms with van der Waals surface area (Å²) in [6, 6.07) is 0. The average Bonchev–Trinajstić information content (AvgIpc) is 2.32. The number of hydrogen-bond acceptors (Lipinski definition) is 2. The molecular formula is C15H28O2. The van der Waals surface area contributed by atoms with E-state index in [0.717, 1.165) is 26.1 Å². The van der Waals surface area contributed by atoms with Gasteiger partial charge in [-0.25, -0.2) is 0 Å². The summed E-state index contributed by atoms with van der Waals surface area (Å²) in [6.07, 6.45) is 14.9. The molecule has 0 spiro atoms. The molecule has 0 aromatic carbocycles. The molecule has 0 heterocycles. The lowest BCUT2D eigenvalue weighted by Gasteiger charge is -2.12. The first-order valence-electron chi connectivity index (χ1n) is 6.98. The Morgan fingerprint density at radius 2 is 1.53 bits per heavy atom. The highest BCUT2D eigenvalue weighted by Gasteiger charge is 1.99. The third kappa shape index (κ3) is 13.4. The van der Waals surface area contributed by atoms with Crippen molar-refractivity contribution in [1.82, 2.24) is 0 Å². The molecule has 0 bridgehead atoms. The molecule has 0 radical (unpaired) electrons. The molecule has 17 heavy (non-hydrogen) atoms. The van der Waals surface area contributed by atoms with Crippen LogP contribution in [0.4, 0.5) is 0 Å². The third-order valence-corrected chi connectivity index (χ3v) is 2.72. The topological polar surface area (TPSA) is 18.5 Å². The molecule has 0 aliphatic heterocycles. The summed E-state index contributed by atoms with van der Waals surface area (Å²) in [7, 11) is 0. The van der Waals surface area contributed by atoms with E-state index in [4.69, 9.17) is 15.9 Å². The fourth-order valence-electron chi connectivity index (χ4n) is 1.75. The summed E-state index contributed by atoms with van der Waals surface area (Å²) in [5.74, 6) is 2.68. The molecular weight excluding hydrogens is 212 g/mol. The van der Waals surface area contributed by atoms with Gasteiger partial charge in [0.25, 0.3) is 0 Å². The van der Waals surface area contributed by atoms with Gasteiger partial charge in [0.15, 0.2) is 6.29 Å². The smallest absolute Gasteiger partial charge is 0.154 e. The molecule has 0 aromatic rings. The summed E-state index contributed by atoms with van der Waals surface area (Å²) in [6.45, 7) is 5.48. The largest absolute Gasteiger partial charge is 0.353 e. The Morgan fingerprint density at radius 1 is 0.941 bits per heavy atom. The molecule has 0 rings (SSSR count). The van der Waals surface area contributed by atoms with Crippen molar-refractivity contribution in [2.45, 2.75) is 71.5 Å². The second-order valence-electron chi connectivity index (χ2n) is 4.32. The Kier molecular flexibility index (Phi) is 13.1. The first-order valence-corrected chi connectivity index (χ1v) is 6.98. The summed E-state index contributed by atoms with van der Waals surface area (Å²) in [4.78, 5) is 0. The van der Waals surface area contributed by atoms with Crippen molar-refractivity contribution in [3.63, 3.8) is 0 Å². The van der Waals surface area contributed by atoms with E-state index < -0.39 is 0 Å². The van der Waals surface area contributed by atoms with Crippen molar-refractivity contribution in [2.75, 3.05) is 13.2 Å². The van der Waals surface area contributed by atoms with Crippen LogP contribution in [0.5, 0.6) is 0 Å². The number of rotatable bonds is 12. The molecule has 100 valence electrons. The summed E-state index contributed by atoms with van der Waals surface area (Å²) < 4.78 is 10.8. The predicted molar refractivity (Wildman–Crippen MR) is 72.8 cm³/mol. The van der Waals surface area contributed by atoms with E-state index in [-0.39, 0.29) is 6.29 Å². The zero-order valence-electron chi connectivity index (χ0n) is 11.5. The molecule has 0 N–H and O–H groups in total. The zero-order chi connectivity index (χ0) is 12.8. The van der Waals surface area contributed by atoms with Crippen LogP contribution in [-0.2, 0) is 9.47 Å². The Morgan fingerprint density at radius 3 is 2.12 bits per heavy atom. The van der Waals surface area contributed by atoms with Crippen molar-refractivity contribution in [2.24, 2.45) is 0 Å². The first-order chi connectivity index (χ1) is 8.31. The Labute approximate surface area is 107 Å². The van der Waals surface area contributed by atoms with Crippen LogP contribution >= 0.6 is 0 Å². The number of hydrogen-bond donors (Lipinski definition) is 0. The van der Waals surface area contributed by atoms with E-state index in [1.165, 1.54) is 38.5 Å².